The summed E-state index contributed by atoms with van der Waals surface area (Å²) in [5, 5.41) is 5.92. The van der Waals surface area contributed by atoms with Crippen LogP contribution in [0, 0.1) is 12.7 Å². The highest BCUT2D eigenvalue weighted by molar-refractivity contribution is 7.11. The summed E-state index contributed by atoms with van der Waals surface area (Å²) in [4.78, 5) is 41.6. The van der Waals surface area contributed by atoms with Crippen molar-refractivity contribution < 1.29 is 18.7 Å². The fraction of sp³-hybridized carbons (Fsp3) is 0.481. The van der Waals surface area contributed by atoms with Gasteiger partial charge in [0.2, 0.25) is 0 Å². The Hall–Kier alpha value is -3.31. The van der Waals surface area contributed by atoms with E-state index in [0.717, 1.165) is 0 Å². The number of fused-ring (bicyclic) bond motifs is 1. The number of piperazine rings is 1. The van der Waals surface area contributed by atoms with Crippen LogP contribution in [0.15, 0.2) is 46.0 Å². The number of hydrogen-bond donors (Lipinski definition) is 1. The molecule has 38 heavy (non-hydrogen) atoms. The molecule has 0 spiro atoms. The molecule has 202 valence electrons. The molecule has 11 heteroatoms. The van der Waals surface area contributed by atoms with E-state index >= 15 is 0 Å². The smallest absolute Gasteiger partial charge is 0.338 e. The van der Waals surface area contributed by atoms with Crippen molar-refractivity contribution in [2.24, 2.45) is 4.99 Å². The number of ether oxygens (including phenoxy) is 1. The van der Waals surface area contributed by atoms with Crippen molar-refractivity contribution in [2.45, 2.75) is 45.8 Å². The summed E-state index contributed by atoms with van der Waals surface area (Å²) in [5.41, 5.74) is 2.08. The number of carbonyl (C=O) groups is 2. The molecular formula is C27H33FN6O3S. The van der Waals surface area contributed by atoms with Gasteiger partial charge in [-0.25, -0.2) is 19.0 Å². The minimum absolute atomic E-state index is 0.0854. The number of aliphatic imine (C=N–C) groups is 1. The second-order valence-corrected chi connectivity index (χ2v) is 10.9. The molecule has 0 unspecified atom stereocenters. The van der Waals surface area contributed by atoms with Gasteiger partial charge in [-0.3, -0.25) is 9.89 Å². The van der Waals surface area contributed by atoms with Gasteiger partial charge >= 0.3 is 12.0 Å². The van der Waals surface area contributed by atoms with Crippen molar-refractivity contribution in [3.8, 4) is 0 Å². The molecule has 0 aliphatic carbocycles. The van der Waals surface area contributed by atoms with Crippen molar-refractivity contribution in [3.63, 3.8) is 0 Å². The van der Waals surface area contributed by atoms with Gasteiger partial charge in [-0.2, -0.15) is 0 Å². The van der Waals surface area contributed by atoms with Gasteiger partial charge in [-0.1, -0.05) is 12.1 Å². The first kappa shape index (κ1) is 26.3. The number of nitrogens with one attached hydrogen (secondary N) is 1. The van der Waals surface area contributed by atoms with E-state index in [2.05, 4.69) is 15.2 Å². The average Bonchev–Trinajstić information content (AvgIpc) is 3.54. The Balaban J connectivity index is 1.51. The summed E-state index contributed by atoms with van der Waals surface area (Å²) in [6.45, 7) is 10.8. The quantitative estimate of drug-likeness (QED) is 0.542. The van der Waals surface area contributed by atoms with E-state index in [1.807, 2.05) is 29.0 Å². The first-order valence-electron chi connectivity index (χ1n) is 13.0. The maximum absolute atomic E-state index is 14.6. The van der Waals surface area contributed by atoms with E-state index in [1.54, 1.807) is 32.2 Å². The zero-order valence-electron chi connectivity index (χ0n) is 22.1. The minimum Gasteiger partial charge on any atom is -0.463 e. The van der Waals surface area contributed by atoms with E-state index in [4.69, 9.17) is 9.73 Å². The highest BCUT2D eigenvalue weighted by atomic mass is 32.1. The predicted molar refractivity (Wildman–Crippen MR) is 143 cm³/mol. The molecule has 0 saturated carbocycles. The lowest BCUT2D eigenvalue weighted by molar-refractivity contribution is -0.139. The average molecular weight is 541 g/mol. The van der Waals surface area contributed by atoms with Crippen LogP contribution in [-0.4, -0.2) is 88.9 Å². The van der Waals surface area contributed by atoms with Crippen LogP contribution in [0.3, 0.4) is 0 Å². The monoisotopic (exact) mass is 540 g/mol. The molecule has 9 nitrogen and oxygen atoms in total. The second-order valence-electron chi connectivity index (χ2n) is 10.0. The fourth-order valence-electron chi connectivity index (χ4n) is 5.36. The molecule has 3 aliphatic rings. The number of halogens is 1. The summed E-state index contributed by atoms with van der Waals surface area (Å²) in [7, 11) is 0. The zero-order valence-corrected chi connectivity index (χ0v) is 22.9. The summed E-state index contributed by atoms with van der Waals surface area (Å²) < 4.78 is 20.1. The molecule has 5 rings (SSSR count). The van der Waals surface area contributed by atoms with Gasteiger partial charge in [0.15, 0.2) is 10.8 Å². The molecule has 2 saturated heterocycles. The lowest BCUT2D eigenvalue weighted by atomic mass is 9.92. The van der Waals surface area contributed by atoms with Gasteiger partial charge in [0.05, 0.1) is 18.2 Å². The Morgan fingerprint density at radius 1 is 1.29 bits per heavy atom. The van der Waals surface area contributed by atoms with Crippen molar-refractivity contribution in [2.75, 3.05) is 39.3 Å². The molecule has 4 heterocycles. The van der Waals surface area contributed by atoms with Gasteiger partial charge in [-0.05, 0) is 44.9 Å². The van der Waals surface area contributed by atoms with Crippen molar-refractivity contribution in [1.82, 2.24) is 25.0 Å². The first-order valence-corrected chi connectivity index (χ1v) is 13.9. The lowest BCUT2D eigenvalue weighted by Gasteiger charge is -2.38. The van der Waals surface area contributed by atoms with Gasteiger partial charge < -0.3 is 19.9 Å². The van der Waals surface area contributed by atoms with Crippen LogP contribution in [0.1, 0.15) is 42.9 Å². The Kier molecular flexibility index (Phi) is 7.49. The molecule has 0 radical (unpaired) electrons. The van der Waals surface area contributed by atoms with Gasteiger partial charge in [0.25, 0.3) is 0 Å². The Morgan fingerprint density at radius 3 is 2.82 bits per heavy atom. The van der Waals surface area contributed by atoms with E-state index < -0.39 is 12.0 Å². The number of carbonyl (C=O) groups excluding carboxylic acids is 2. The van der Waals surface area contributed by atoms with Crippen LogP contribution in [-0.2, 0) is 9.53 Å². The second kappa shape index (κ2) is 10.8. The van der Waals surface area contributed by atoms with E-state index in [9.17, 15) is 14.0 Å². The number of aromatic nitrogens is 1. The number of thiazole rings is 1. The largest absolute Gasteiger partial charge is 0.463 e. The molecule has 1 aromatic carbocycles. The number of benzene rings is 1. The minimum atomic E-state index is -0.745. The van der Waals surface area contributed by atoms with Crippen LogP contribution in [0.4, 0.5) is 9.18 Å². The van der Waals surface area contributed by atoms with E-state index in [-0.39, 0.29) is 30.5 Å². The Morgan fingerprint density at radius 2 is 2.11 bits per heavy atom. The van der Waals surface area contributed by atoms with Crippen molar-refractivity contribution in [1.29, 1.82) is 0 Å². The summed E-state index contributed by atoms with van der Waals surface area (Å²) in [6, 6.07) is 4.42. The molecule has 3 aliphatic heterocycles. The maximum Gasteiger partial charge on any atom is 0.338 e. The highest BCUT2D eigenvalue weighted by Crippen LogP contribution is 2.35. The third-order valence-corrected chi connectivity index (χ3v) is 8.11. The molecule has 0 bridgehead atoms. The van der Waals surface area contributed by atoms with E-state index in [1.165, 1.54) is 17.4 Å². The summed E-state index contributed by atoms with van der Waals surface area (Å²) in [6.07, 6.45) is 1.70. The summed E-state index contributed by atoms with van der Waals surface area (Å²) >= 11 is 1.44. The number of esters is 1. The molecular weight excluding hydrogens is 507 g/mol. The van der Waals surface area contributed by atoms with Crippen LogP contribution >= 0.6 is 11.3 Å². The fourth-order valence-corrected chi connectivity index (χ4v) is 5.95. The number of rotatable bonds is 7. The normalized spacial score (nSPS) is 22.1. The van der Waals surface area contributed by atoms with E-state index in [0.29, 0.717) is 66.0 Å². The molecule has 1 N–H and O–H groups in total. The van der Waals surface area contributed by atoms with Crippen LogP contribution in [0.2, 0.25) is 0 Å². The number of amides is 2. The summed E-state index contributed by atoms with van der Waals surface area (Å²) in [5.74, 6) is -0.294. The SMILES string of the molecule is CCOC(=O)C1=C(CN2CCN3C(=O)N(C(C)C)C[C@@H]3C2)NC(c2nccs2)=N[C@H]1c1cccc(F)c1C. The molecule has 2 atom stereocenters. The Labute approximate surface area is 226 Å². The topological polar surface area (TPSA) is 90.4 Å². The number of nitrogens with zero attached hydrogens (tertiary/aromatic N) is 5. The molecule has 2 amide bonds. The van der Waals surface area contributed by atoms with Gasteiger partial charge in [0.1, 0.15) is 11.9 Å². The van der Waals surface area contributed by atoms with Crippen LogP contribution in [0.25, 0.3) is 0 Å². The van der Waals surface area contributed by atoms with Crippen molar-refractivity contribution in [3.05, 3.63) is 63.0 Å². The highest BCUT2D eigenvalue weighted by Gasteiger charge is 2.42. The number of urea groups is 1. The first-order chi connectivity index (χ1) is 18.3. The Bertz CT molecular complexity index is 1280. The molecule has 2 aromatic rings. The number of amidine groups is 1. The van der Waals surface area contributed by atoms with Crippen LogP contribution in [0.5, 0.6) is 0 Å². The lowest BCUT2D eigenvalue weighted by Crippen LogP contribution is -2.53. The zero-order chi connectivity index (χ0) is 27.0. The number of hydrogen-bond acceptors (Lipinski definition) is 8. The van der Waals surface area contributed by atoms with Gasteiger partial charge in [-0.15, -0.1) is 11.3 Å². The van der Waals surface area contributed by atoms with Crippen molar-refractivity contribution >= 4 is 29.2 Å². The van der Waals surface area contributed by atoms with Gasteiger partial charge in [0, 0.05) is 56.0 Å². The van der Waals surface area contributed by atoms with Crippen LogP contribution < -0.4 is 5.32 Å². The molecule has 1 aromatic heterocycles. The molecule has 2 fully saturated rings. The predicted octanol–water partition coefficient (Wildman–Crippen LogP) is 3.33. The third-order valence-electron chi connectivity index (χ3n) is 7.33. The maximum atomic E-state index is 14.6. The standard InChI is InChI=1S/C27H33FN6O3S/c1-5-37-26(35)22-21(15-32-10-11-33-18(13-32)14-34(16(2)3)27(33)36)30-24(25-29-9-12-38-25)31-23(22)19-7-6-8-20(28)17(19)4/h6-9,12,16,18,23H,5,10-11,13-15H2,1-4H3,(H,30,31)/t18-,23-/m0/s1. The third kappa shape index (κ3) is 4.92.